The summed E-state index contributed by atoms with van der Waals surface area (Å²) in [6.45, 7) is 1.94. The second kappa shape index (κ2) is 5.75. The van der Waals surface area contributed by atoms with Gasteiger partial charge >= 0.3 is 5.69 Å². The highest BCUT2D eigenvalue weighted by molar-refractivity contribution is 7.92. The Balaban J connectivity index is 2.09. The average Bonchev–Trinajstić information content (AvgIpc) is 2.85. The summed E-state index contributed by atoms with van der Waals surface area (Å²) in [5.74, 6) is 0. The molecule has 0 atom stereocenters. The van der Waals surface area contributed by atoms with Gasteiger partial charge in [-0.1, -0.05) is 36.7 Å². The maximum absolute atomic E-state index is 12.6. The van der Waals surface area contributed by atoms with Gasteiger partial charge in [-0.05, 0) is 30.2 Å². The minimum Gasteiger partial charge on any atom is -0.306 e. The summed E-state index contributed by atoms with van der Waals surface area (Å²) in [6.07, 6.45) is 0.691. The molecule has 120 valence electrons. The van der Waals surface area contributed by atoms with Gasteiger partial charge in [-0.3, -0.25) is 4.72 Å². The fraction of sp³-hybridized carbons (Fsp3) is 0.133. The van der Waals surface area contributed by atoms with Crippen molar-refractivity contribution in [1.82, 2.24) is 9.97 Å². The number of hydrogen-bond donors (Lipinski definition) is 3. The molecule has 1 aromatic heterocycles. The maximum Gasteiger partial charge on any atom is 0.323 e. The first kappa shape index (κ1) is 15.6. The van der Waals surface area contributed by atoms with E-state index in [1.54, 1.807) is 12.1 Å². The zero-order chi connectivity index (χ0) is 16.6. The van der Waals surface area contributed by atoms with E-state index in [4.69, 9.17) is 11.6 Å². The molecule has 0 saturated heterocycles. The smallest absolute Gasteiger partial charge is 0.306 e. The summed E-state index contributed by atoms with van der Waals surface area (Å²) in [7, 11) is -3.88. The number of para-hydroxylation sites is 1. The summed E-state index contributed by atoms with van der Waals surface area (Å²) in [4.78, 5) is 16.3. The third-order valence-corrected chi connectivity index (χ3v) is 5.33. The van der Waals surface area contributed by atoms with E-state index in [2.05, 4.69) is 14.7 Å². The van der Waals surface area contributed by atoms with E-state index in [-0.39, 0.29) is 9.92 Å². The molecule has 8 heteroatoms. The molecule has 0 aliphatic heterocycles. The number of hydrogen-bond acceptors (Lipinski definition) is 3. The van der Waals surface area contributed by atoms with Gasteiger partial charge in [-0.15, -0.1) is 0 Å². The van der Waals surface area contributed by atoms with Crippen LogP contribution < -0.4 is 10.4 Å². The molecule has 3 N–H and O–H groups in total. The predicted molar refractivity (Wildman–Crippen MR) is 90.6 cm³/mol. The van der Waals surface area contributed by atoms with Crippen LogP contribution in [0.25, 0.3) is 11.0 Å². The lowest BCUT2D eigenvalue weighted by Crippen LogP contribution is -2.14. The number of aryl methyl sites for hydroxylation is 1. The molecule has 0 radical (unpaired) electrons. The van der Waals surface area contributed by atoms with Crippen LogP contribution in [0.2, 0.25) is 5.02 Å². The fourth-order valence-electron chi connectivity index (χ4n) is 2.37. The molecule has 3 rings (SSSR count). The Labute approximate surface area is 137 Å². The van der Waals surface area contributed by atoms with Gasteiger partial charge in [-0.2, -0.15) is 0 Å². The van der Waals surface area contributed by atoms with Crippen LogP contribution in [0.1, 0.15) is 12.5 Å². The zero-order valence-electron chi connectivity index (χ0n) is 12.2. The number of aromatic amines is 2. The van der Waals surface area contributed by atoms with Gasteiger partial charge in [0.25, 0.3) is 10.0 Å². The molecule has 0 aliphatic rings. The highest BCUT2D eigenvalue weighted by Crippen LogP contribution is 2.28. The second-order valence-electron chi connectivity index (χ2n) is 5.02. The van der Waals surface area contributed by atoms with Crippen LogP contribution in [0, 0.1) is 0 Å². The molecule has 0 saturated carbocycles. The van der Waals surface area contributed by atoms with E-state index in [0.717, 1.165) is 5.56 Å². The van der Waals surface area contributed by atoms with E-state index in [1.807, 2.05) is 19.1 Å². The van der Waals surface area contributed by atoms with Crippen LogP contribution in [0.4, 0.5) is 5.69 Å². The molecule has 3 aromatic rings. The molecule has 0 spiro atoms. The predicted octanol–water partition coefficient (Wildman–Crippen LogP) is 2.87. The van der Waals surface area contributed by atoms with Gasteiger partial charge in [0.05, 0.1) is 21.7 Å². The standard InChI is InChI=1S/C15H14ClN3O3S/c1-2-9-5-3-4-6-11(9)19-23(21,22)14-8-13-12(7-10(14)16)17-15(20)18-13/h3-8,19H,2H2,1H3,(H2,17,18,20). The van der Waals surface area contributed by atoms with Crippen LogP contribution in [-0.2, 0) is 16.4 Å². The van der Waals surface area contributed by atoms with Crippen LogP contribution >= 0.6 is 11.6 Å². The molecule has 1 heterocycles. The minimum absolute atomic E-state index is 0.0363. The minimum atomic E-state index is -3.88. The first-order chi connectivity index (χ1) is 10.9. The van der Waals surface area contributed by atoms with Crippen LogP contribution in [0.3, 0.4) is 0 Å². The summed E-state index contributed by atoms with van der Waals surface area (Å²) < 4.78 is 27.8. The van der Waals surface area contributed by atoms with Crippen molar-refractivity contribution in [2.24, 2.45) is 0 Å². The van der Waals surface area contributed by atoms with Crippen molar-refractivity contribution >= 4 is 38.3 Å². The molecule has 23 heavy (non-hydrogen) atoms. The van der Waals surface area contributed by atoms with Gasteiger partial charge in [0.2, 0.25) is 0 Å². The van der Waals surface area contributed by atoms with Crippen LogP contribution in [0.15, 0.2) is 46.1 Å². The fourth-order valence-corrected chi connectivity index (χ4v) is 4.03. The first-order valence-corrected chi connectivity index (χ1v) is 8.79. The number of nitrogens with one attached hydrogen (secondary N) is 3. The lowest BCUT2D eigenvalue weighted by Gasteiger charge is -2.12. The first-order valence-electron chi connectivity index (χ1n) is 6.93. The van der Waals surface area contributed by atoms with E-state index >= 15 is 0 Å². The third kappa shape index (κ3) is 2.97. The number of aromatic nitrogens is 2. The Hall–Kier alpha value is -2.25. The van der Waals surface area contributed by atoms with Gasteiger partial charge < -0.3 is 9.97 Å². The van der Waals surface area contributed by atoms with Crippen molar-refractivity contribution in [2.75, 3.05) is 4.72 Å². The molecule has 2 aromatic carbocycles. The van der Waals surface area contributed by atoms with Gasteiger partial charge in [0.1, 0.15) is 4.90 Å². The Bertz CT molecular complexity index is 1040. The molecule has 0 bridgehead atoms. The third-order valence-electron chi connectivity index (χ3n) is 3.50. The van der Waals surface area contributed by atoms with E-state index in [0.29, 0.717) is 23.1 Å². The van der Waals surface area contributed by atoms with Crippen molar-refractivity contribution in [1.29, 1.82) is 0 Å². The van der Waals surface area contributed by atoms with Gasteiger partial charge in [0, 0.05) is 0 Å². The number of imidazole rings is 1. The summed E-state index contributed by atoms with van der Waals surface area (Å²) >= 11 is 6.08. The molecule has 0 unspecified atom stereocenters. The van der Waals surface area contributed by atoms with Crippen LogP contribution in [-0.4, -0.2) is 18.4 Å². The Morgan fingerprint density at radius 2 is 1.78 bits per heavy atom. The number of benzene rings is 2. The summed E-state index contributed by atoms with van der Waals surface area (Å²) in [5.41, 5.74) is 1.79. The quantitative estimate of drug-likeness (QED) is 0.674. The molecule has 0 amide bonds. The molecule has 6 nitrogen and oxygen atoms in total. The summed E-state index contributed by atoms with van der Waals surface area (Å²) in [5, 5.41) is 0.0363. The van der Waals surface area contributed by atoms with Gasteiger partial charge in [-0.25, -0.2) is 13.2 Å². The molecule has 0 aliphatic carbocycles. The largest absolute Gasteiger partial charge is 0.323 e. The molecular formula is C15H14ClN3O3S. The Kier molecular flexibility index (Phi) is 3.91. The van der Waals surface area contributed by atoms with Crippen molar-refractivity contribution in [3.8, 4) is 0 Å². The second-order valence-corrected chi connectivity index (χ2v) is 7.08. The maximum atomic E-state index is 12.6. The Morgan fingerprint density at radius 3 is 2.48 bits per heavy atom. The average molecular weight is 352 g/mol. The Morgan fingerprint density at radius 1 is 1.13 bits per heavy atom. The van der Waals surface area contributed by atoms with E-state index in [9.17, 15) is 13.2 Å². The number of anilines is 1. The number of halogens is 1. The highest BCUT2D eigenvalue weighted by atomic mass is 35.5. The number of fused-ring (bicyclic) bond motifs is 1. The summed E-state index contributed by atoms with van der Waals surface area (Å²) in [6, 6.07) is 9.90. The molecular weight excluding hydrogens is 338 g/mol. The number of H-pyrrole nitrogens is 2. The topological polar surface area (TPSA) is 94.8 Å². The van der Waals surface area contributed by atoms with Crippen molar-refractivity contribution < 1.29 is 8.42 Å². The number of sulfonamides is 1. The van der Waals surface area contributed by atoms with Crippen molar-refractivity contribution in [2.45, 2.75) is 18.2 Å². The van der Waals surface area contributed by atoms with Gasteiger partial charge in [0.15, 0.2) is 0 Å². The normalized spacial score (nSPS) is 11.7. The molecule has 0 fully saturated rings. The number of rotatable bonds is 4. The lowest BCUT2D eigenvalue weighted by molar-refractivity contribution is 0.601. The lowest BCUT2D eigenvalue weighted by atomic mass is 10.1. The highest BCUT2D eigenvalue weighted by Gasteiger charge is 2.20. The van der Waals surface area contributed by atoms with Crippen molar-refractivity contribution in [3.63, 3.8) is 0 Å². The zero-order valence-corrected chi connectivity index (χ0v) is 13.8. The van der Waals surface area contributed by atoms with E-state index < -0.39 is 15.7 Å². The SMILES string of the molecule is CCc1ccccc1NS(=O)(=O)c1cc2[nH]c(=O)[nH]c2cc1Cl. The van der Waals surface area contributed by atoms with Crippen LogP contribution in [0.5, 0.6) is 0 Å². The van der Waals surface area contributed by atoms with Crippen molar-refractivity contribution in [3.05, 3.63) is 57.5 Å². The van der Waals surface area contributed by atoms with E-state index in [1.165, 1.54) is 12.1 Å². The monoisotopic (exact) mass is 351 g/mol.